The molecule has 4 heteroatoms. The summed E-state index contributed by atoms with van der Waals surface area (Å²) in [4.78, 5) is 0. The number of methoxy groups -OCH3 is 1. The van der Waals surface area contributed by atoms with Crippen molar-refractivity contribution in [2.24, 2.45) is 0 Å². The summed E-state index contributed by atoms with van der Waals surface area (Å²) in [5.74, 6) is 0.457. The van der Waals surface area contributed by atoms with Crippen LogP contribution in [0.15, 0.2) is 36.4 Å². The summed E-state index contributed by atoms with van der Waals surface area (Å²) in [5.41, 5.74) is 7.04. The first-order valence-corrected chi connectivity index (χ1v) is 11.7. The largest absolute Gasteiger partial charge is 0.382 e. The Labute approximate surface area is 193 Å². The first-order chi connectivity index (χ1) is 15.4. The molecule has 0 unspecified atom stereocenters. The lowest BCUT2D eigenvalue weighted by molar-refractivity contribution is -0.0725. The van der Waals surface area contributed by atoms with Gasteiger partial charge in [0.25, 0.3) is 0 Å². The van der Waals surface area contributed by atoms with Gasteiger partial charge in [-0.15, -0.1) is 0 Å². The minimum Gasteiger partial charge on any atom is -0.382 e. The van der Waals surface area contributed by atoms with Crippen LogP contribution in [-0.2, 0) is 20.8 Å². The Morgan fingerprint density at radius 3 is 2.22 bits per heavy atom. The van der Waals surface area contributed by atoms with Gasteiger partial charge in [-0.2, -0.15) is 0 Å². The lowest BCUT2D eigenvalue weighted by Crippen LogP contribution is -2.10. The van der Waals surface area contributed by atoms with Crippen molar-refractivity contribution in [2.45, 2.75) is 65.9 Å². The molecular formula is C28H39FO3. The van der Waals surface area contributed by atoms with Crippen LogP contribution in [0.2, 0.25) is 0 Å². The van der Waals surface area contributed by atoms with Crippen LogP contribution in [-0.4, -0.2) is 27.1 Å². The topological polar surface area (TPSA) is 27.7 Å². The van der Waals surface area contributed by atoms with Crippen LogP contribution in [0.25, 0.3) is 17.2 Å². The second-order valence-corrected chi connectivity index (χ2v) is 8.70. The van der Waals surface area contributed by atoms with Crippen LogP contribution >= 0.6 is 0 Å². The van der Waals surface area contributed by atoms with Gasteiger partial charge in [-0.1, -0.05) is 71.4 Å². The number of allylic oxidation sites excluding steroid dienone is 1. The molecule has 0 saturated carbocycles. The molecule has 176 valence electrons. The molecular weight excluding hydrogens is 403 g/mol. The third-order valence-electron chi connectivity index (χ3n) is 5.50. The zero-order chi connectivity index (χ0) is 23.5. The fourth-order valence-corrected chi connectivity index (χ4v) is 3.83. The predicted octanol–water partition coefficient (Wildman–Crippen LogP) is 7.69. The van der Waals surface area contributed by atoms with Crippen molar-refractivity contribution >= 4 is 6.08 Å². The van der Waals surface area contributed by atoms with E-state index in [-0.39, 0.29) is 12.6 Å². The van der Waals surface area contributed by atoms with Gasteiger partial charge in [0.2, 0.25) is 0 Å². The normalized spacial score (nSPS) is 11.9. The van der Waals surface area contributed by atoms with Crippen molar-refractivity contribution in [3.63, 3.8) is 0 Å². The summed E-state index contributed by atoms with van der Waals surface area (Å²) in [6, 6.07) is 9.14. The van der Waals surface area contributed by atoms with Crippen molar-refractivity contribution in [3.8, 4) is 11.1 Å². The van der Waals surface area contributed by atoms with Crippen LogP contribution in [0.5, 0.6) is 0 Å². The fourth-order valence-electron chi connectivity index (χ4n) is 3.83. The van der Waals surface area contributed by atoms with Crippen LogP contribution in [0.1, 0.15) is 81.5 Å². The maximum absolute atomic E-state index is 13.8. The zero-order valence-corrected chi connectivity index (χ0v) is 20.5. The number of hydrogen-bond donors (Lipinski definition) is 0. The van der Waals surface area contributed by atoms with E-state index in [9.17, 15) is 4.39 Å². The summed E-state index contributed by atoms with van der Waals surface area (Å²) < 4.78 is 30.2. The third kappa shape index (κ3) is 7.26. The number of hydrogen-bond acceptors (Lipinski definition) is 3. The van der Waals surface area contributed by atoms with E-state index in [2.05, 4.69) is 52.8 Å². The highest BCUT2D eigenvalue weighted by Crippen LogP contribution is 2.39. The van der Waals surface area contributed by atoms with E-state index in [1.54, 1.807) is 7.11 Å². The van der Waals surface area contributed by atoms with Crippen molar-refractivity contribution in [1.29, 1.82) is 0 Å². The second-order valence-electron chi connectivity index (χ2n) is 8.70. The van der Waals surface area contributed by atoms with Gasteiger partial charge >= 0.3 is 0 Å². The average molecular weight is 443 g/mol. The summed E-state index contributed by atoms with van der Waals surface area (Å²) >= 11 is 0. The Kier molecular flexibility index (Phi) is 11.1. The molecule has 0 aliphatic heterocycles. The van der Waals surface area contributed by atoms with E-state index < -0.39 is 0 Å². The zero-order valence-electron chi connectivity index (χ0n) is 20.5. The number of ether oxygens (including phenoxy) is 3. The minimum absolute atomic E-state index is 0.205. The molecule has 0 saturated heterocycles. The van der Waals surface area contributed by atoms with Gasteiger partial charge in [0.05, 0.1) is 19.8 Å². The summed E-state index contributed by atoms with van der Waals surface area (Å²) in [7, 11) is 1.65. The van der Waals surface area contributed by atoms with Crippen molar-refractivity contribution in [1.82, 2.24) is 0 Å². The Bertz CT molecular complexity index is 854. The van der Waals surface area contributed by atoms with Gasteiger partial charge in [-0.3, -0.25) is 0 Å². The van der Waals surface area contributed by atoms with E-state index in [4.69, 9.17) is 14.2 Å². The molecule has 0 aromatic heterocycles. The summed E-state index contributed by atoms with van der Waals surface area (Å²) in [6.07, 6.45) is 6.59. The fraction of sp³-hybridized carbons (Fsp3) is 0.500. The molecule has 0 amide bonds. The highest BCUT2D eigenvalue weighted by atomic mass is 19.1. The lowest BCUT2D eigenvalue weighted by atomic mass is 9.81. The summed E-state index contributed by atoms with van der Waals surface area (Å²) in [5, 5.41) is 0. The van der Waals surface area contributed by atoms with Crippen LogP contribution in [0.3, 0.4) is 0 Å². The lowest BCUT2D eigenvalue weighted by Gasteiger charge is -2.25. The third-order valence-corrected chi connectivity index (χ3v) is 5.50. The first-order valence-electron chi connectivity index (χ1n) is 11.7. The Morgan fingerprint density at radius 2 is 1.62 bits per heavy atom. The molecule has 0 aliphatic rings. The monoisotopic (exact) mass is 442 g/mol. The van der Waals surface area contributed by atoms with Crippen LogP contribution in [0.4, 0.5) is 4.39 Å². The SMILES string of the molecule is CCC/C=C/c1c(C(C)C)cc(C(C)C)c(COCOCCOC)c1-c1ccc(F)cc1. The molecule has 0 N–H and O–H groups in total. The highest BCUT2D eigenvalue weighted by Gasteiger charge is 2.21. The Hall–Kier alpha value is -2.01. The first kappa shape index (κ1) is 26.2. The van der Waals surface area contributed by atoms with Crippen molar-refractivity contribution in [3.05, 3.63) is 64.5 Å². The van der Waals surface area contributed by atoms with E-state index in [0.717, 1.165) is 29.5 Å². The second kappa shape index (κ2) is 13.5. The van der Waals surface area contributed by atoms with Gasteiger partial charge in [0.1, 0.15) is 12.6 Å². The standard InChI is InChI=1S/C28H39FO3/c1-7-8-9-10-24-25(20(2)3)17-26(21(4)5)27(18-32-19-31-16-15-30-6)28(24)22-11-13-23(29)14-12-22/h9-14,17,20-21H,7-8,15-16,18-19H2,1-6H3/b10-9+. The molecule has 32 heavy (non-hydrogen) atoms. The minimum atomic E-state index is -0.231. The summed E-state index contributed by atoms with van der Waals surface area (Å²) in [6.45, 7) is 12.7. The van der Waals surface area contributed by atoms with E-state index in [1.165, 1.54) is 28.8 Å². The van der Waals surface area contributed by atoms with Gasteiger partial charge in [0, 0.05) is 7.11 Å². The van der Waals surface area contributed by atoms with Gasteiger partial charge in [-0.05, 0) is 63.8 Å². The maximum atomic E-state index is 13.8. The van der Waals surface area contributed by atoms with E-state index in [1.807, 2.05) is 12.1 Å². The number of unbranched alkanes of at least 4 members (excludes halogenated alkanes) is 1. The van der Waals surface area contributed by atoms with E-state index >= 15 is 0 Å². The molecule has 0 aliphatic carbocycles. The molecule has 0 radical (unpaired) electrons. The molecule has 2 aromatic rings. The quantitative estimate of drug-likeness (QED) is 0.235. The molecule has 2 rings (SSSR count). The highest BCUT2D eigenvalue weighted by molar-refractivity contribution is 5.81. The van der Waals surface area contributed by atoms with Crippen molar-refractivity contribution < 1.29 is 18.6 Å². The molecule has 0 fully saturated rings. The van der Waals surface area contributed by atoms with Gasteiger partial charge in [-0.25, -0.2) is 4.39 Å². The van der Waals surface area contributed by atoms with Crippen LogP contribution < -0.4 is 0 Å². The molecule has 2 aromatic carbocycles. The molecule has 0 bridgehead atoms. The maximum Gasteiger partial charge on any atom is 0.147 e. The Morgan fingerprint density at radius 1 is 0.938 bits per heavy atom. The van der Waals surface area contributed by atoms with Crippen LogP contribution in [0, 0.1) is 5.82 Å². The molecule has 0 spiro atoms. The smallest absolute Gasteiger partial charge is 0.147 e. The molecule has 3 nitrogen and oxygen atoms in total. The predicted molar refractivity (Wildman–Crippen MR) is 131 cm³/mol. The Balaban J connectivity index is 2.63. The van der Waals surface area contributed by atoms with Gasteiger partial charge in [0.15, 0.2) is 0 Å². The van der Waals surface area contributed by atoms with Crippen molar-refractivity contribution in [2.75, 3.05) is 27.1 Å². The van der Waals surface area contributed by atoms with Gasteiger partial charge < -0.3 is 14.2 Å². The average Bonchev–Trinajstić information content (AvgIpc) is 2.76. The number of rotatable bonds is 13. The number of halogens is 1. The van der Waals surface area contributed by atoms with E-state index in [0.29, 0.717) is 31.7 Å². The molecule has 0 heterocycles. The number of benzene rings is 2. The molecule has 0 atom stereocenters.